The molecule has 1 aliphatic carbocycles. The SMILES string of the molecule is CNC(=O)c1cc(C2=NCC=C2)c2nc(-c3ccc(C4(N)CCC4)cc3)c(-c3ccccc3)n2n1. The van der Waals surface area contributed by atoms with Crippen molar-refractivity contribution in [3.63, 3.8) is 0 Å². The number of aromatic nitrogens is 3. The highest BCUT2D eigenvalue weighted by Crippen LogP contribution is 2.40. The van der Waals surface area contributed by atoms with E-state index in [2.05, 4.69) is 34.6 Å². The van der Waals surface area contributed by atoms with Crippen molar-refractivity contribution in [2.45, 2.75) is 24.8 Å². The molecule has 7 heteroatoms. The molecule has 174 valence electrons. The first kappa shape index (κ1) is 21.4. The molecule has 1 fully saturated rings. The van der Waals surface area contributed by atoms with Crippen LogP contribution in [0.15, 0.2) is 77.8 Å². The molecule has 35 heavy (non-hydrogen) atoms. The number of aliphatic imine (C=N–C) groups is 1. The van der Waals surface area contributed by atoms with Crippen molar-refractivity contribution in [3.8, 4) is 22.5 Å². The maximum Gasteiger partial charge on any atom is 0.271 e. The second-order valence-corrected chi connectivity index (χ2v) is 9.15. The maximum atomic E-state index is 12.6. The molecule has 2 aromatic carbocycles. The Morgan fingerprint density at radius 3 is 2.46 bits per heavy atom. The second kappa shape index (κ2) is 8.29. The van der Waals surface area contributed by atoms with E-state index in [1.807, 2.05) is 42.5 Å². The molecule has 1 aliphatic heterocycles. The minimum atomic E-state index is -0.261. The fraction of sp³-hybridized carbons (Fsp3) is 0.214. The zero-order valence-electron chi connectivity index (χ0n) is 19.5. The molecule has 1 amide bonds. The predicted molar refractivity (Wildman–Crippen MR) is 138 cm³/mol. The number of nitrogens with one attached hydrogen (secondary N) is 1. The van der Waals surface area contributed by atoms with E-state index in [1.54, 1.807) is 17.6 Å². The number of amides is 1. The molecule has 0 unspecified atom stereocenters. The number of hydrogen-bond acceptors (Lipinski definition) is 5. The Morgan fingerprint density at radius 1 is 1.06 bits per heavy atom. The Bertz CT molecular complexity index is 1490. The Labute approximate surface area is 203 Å². The van der Waals surface area contributed by atoms with E-state index >= 15 is 0 Å². The Balaban J connectivity index is 1.61. The maximum absolute atomic E-state index is 12.6. The van der Waals surface area contributed by atoms with Gasteiger partial charge in [-0.1, -0.05) is 60.7 Å². The zero-order valence-corrected chi connectivity index (χ0v) is 19.5. The molecule has 7 nitrogen and oxygen atoms in total. The van der Waals surface area contributed by atoms with Gasteiger partial charge in [-0.15, -0.1) is 0 Å². The first-order valence-electron chi connectivity index (χ1n) is 11.9. The minimum Gasteiger partial charge on any atom is -0.354 e. The molecule has 2 aromatic heterocycles. The monoisotopic (exact) mass is 462 g/mol. The van der Waals surface area contributed by atoms with E-state index in [-0.39, 0.29) is 11.4 Å². The molecule has 0 bridgehead atoms. The molecule has 6 rings (SSSR count). The van der Waals surface area contributed by atoms with Gasteiger partial charge in [0, 0.05) is 29.3 Å². The topological polar surface area (TPSA) is 97.7 Å². The van der Waals surface area contributed by atoms with E-state index in [0.29, 0.717) is 17.9 Å². The van der Waals surface area contributed by atoms with Crippen LogP contribution in [0, 0.1) is 0 Å². The Kier molecular flexibility index (Phi) is 5.07. The van der Waals surface area contributed by atoms with Gasteiger partial charge < -0.3 is 11.1 Å². The largest absolute Gasteiger partial charge is 0.354 e. The molecule has 3 N–H and O–H groups in total. The quantitative estimate of drug-likeness (QED) is 0.466. The van der Waals surface area contributed by atoms with Gasteiger partial charge in [-0.2, -0.15) is 5.10 Å². The molecule has 0 atom stereocenters. The number of allylic oxidation sites excluding steroid dienone is 1. The van der Waals surface area contributed by atoms with Gasteiger partial charge in [-0.05, 0) is 37.0 Å². The van der Waals surface area contributed by atoms with Gasteiger partial charge in [0.1, 0.15) is 11.4 Å². The highest BCUT2D eigenvalue weighted by molar-refractivity contribution is 6.14. The first-order valence-corrected chi connectivity index (χ1v) is 11.9. The Morgan fingerprint density at radius 2 is 1.83 bits per heavy atom. The molecular weight excluding hydrogens is 436 g/mol. The number of carbonyl (C=O) groups excluding carboxylic acids is 1. The summed E-state index contributed by atoms with van der Waals surface area (Å²) in [5, 5.41) is 7.41. The smallest absolute Gasteiger partial charge is 0.271 e. The van der Waals surface area contributed by atoms with Crippen LogP contribution in [0.1, 0.15) is 40.9 Å². The number of fused-ring (bicyclic) bond motifs is 1. The van der Waals surface area contributed by atoms with E-state index in [4.69, 9.17) is 15.8 Å². The summed E-state index contributed by atoms with van der Waals surface area (Å²) in [7, 11) is 1.60. The molecule has 0 radical (unpaired) electrons. The number of hydrogen-bond donors (Lipinski definition) is 2. The van der Waals surface area contributed by atoms with Gasteiger partial charge >= 0.3 is 0 Å². The minimum absolute atomic E-state index is 0.218. The summed E-state index contributed by atoms with van der Waals surface area (Å²) in [4.78, 5) is 22.3. The van der Waals surface area contributed by atoms with Crippen LogP contribution in [0.5, 0.6) is 0 Å². The van der Waals surface area contributed by atoms with Crippen molar-refractivity contribution in [3.05, 3.63) is 89.6 Å². The molecule has 2 aliphatic rings. The van der Waals surface area contributed by atoms with E-state index in [1.165, 1.54) is 6.42 Å². The highest BCUT2D eigenvalue weighted by Gasteiger charge is 2.34. The molecule has 0 saturated heterocycles. The second-order valence-electron chi connectivity index (χ2n) is 9.15. The highest BCUT2D eigenvalue weighted by atomic mass is 16.1. The van der Waals surface area contributed by atoms with Crippen LogP contribution in [0.2, 0.25) is 0 Å². The third kappa shape index (κ3) is 3.56. The standard InChI is InChI=1S/C28H26N6O/c1-30-27(35)23-17-21(22-9-5-16-31-22)26-32-24(25(34(26)33-23)19-7-3-2-4-8-19)18-10-12-20(13-11-18)28(29)14-6-15-28/h2-5,7-13,17H,6,14-16,29H2,1H3,(H,30,35). The lowest BCUT2D eigenvalue weighted by atomic mass is 9.72. The summed E-state index contributed by atoms with van der Waals surface area (Å²) in [6.45, 7) is 0.612. The van der Waals surface area contributed by atoms with Crippen molar-refractivity contribution < 1.29 is 4.79 Å². The van der Waals surface area contributed by atoms with Crippen LogP contribution >= 0.6 is 0 Å². The average Bonchev–Trinajstić information content (AvgIpc) is 3.55. The van der Waals surface area contributed by atoms with Crippen molar-refractivity contribution >= 4 is 17.3 Å². The van der Waals surface area contributed by atoms with Gasteiger partial charge in [-0.25, -0.2) is 9.50 Å². The van der Waals surface area contributed by atoms with Crippen LogP contribution in [-0.4, -0.2) is 39.8 Å². The van der Waals surface area contributed by atoms with Gasteiger partial charge in [0.25, 0.3) is 5.91 Å². The number of nitrogens with zero attached hydrogens (tertiary/aromatic N) is 4. The zero-order chi connectivity index (χ0) is 24.0. The molecule has 0 spiro atoms. The van der Waals surface area contributed by atoms with Crippen LogP contribution < -0.4 is 11.1 Å². The first-order chi connectivity index (χ1) is 17.1. The normalized spacial score (nSPS) is 16.2. The van der Waals surface area contributed by atoms with Crippen LogP contribution in [0.3, 0.4) is 0 Å². The van der Waals surface area contributed by atoms with Crippen LogP contribution in [0.4, 0.5) is 0 Å². The number of benzene rings is 2. The number of imidazole rings is 1. The number of rotatable bonds is 5. The van der Waals surface area contributed by atoms with E-state index in [9.17, 15) is 4.79 Å². The van der Waals surface area contributed by atoms with Gasteiger partial charge in [0.2, 0.25) is 0 Å². The summed E-state index contributed by atoms with van der Waals surface area (Å²) < 4.78 is 1.78. The summed E-state index contributed by atoms with van der Waals surface area (Å²) in [6.07, 6.45) is 7.16. The molecule has 3 heterocycles. The third-order valence-corrected chi connectivity index (χ3v) is 6.99. The predicted octanol–water partition coefficient (Wildman–Crippen LogP) is 4.12. The Hall–Kier alpha value is -4.10. The summed E-state index contributed by atoms with van der Waals surface area (Å²) in [5.74, 6) is -0.261. The fourth-order valence-electron chi connectivity index (χ4n) is 4.86. The lowest BCUT2D eigenvalue weighted by molar-refractivity contribution is 0.0957. The molecular formula is C28H26N6O. The molecule has 1 saturated carbocycles. The lowest BCUT2D eigenvalue weighted by Gasteiger charge is -2.38. The van der Waals surface area contributed by atoms with Crippen molar-refractivity contribution in [1.82, 2.24) is 19.9 Å². The summed E-state index contributed by atoms with van der Waals surface area (Å²) >= 11 is 0. The number of nitrogens with two attached hydrogens (primary N) is 1. The average molecular weight is 463 g/mol. The van der Waals surface area contributed by atoms with Crippen molar-refractivity contribution in [2.75, 3.05) is 13.6 Å². The van der Waals surface area contributed by atoms with Crippen LogP contribution in [-0.2, 0) is 5.54 Å². The summed E-state index contributed by atoms with van der Waals surface area (Å²) in [5.41, 5.74) is 13.6. The van der Waals surface area contributed by atoms with E-state index in [0.717, 1.165) is 52.2 Å². The number of carbonyl (C=O) groups is 1. The van der Waals surface area contributed by atoms with Crippen LogP contribution in [0.25, 0.3) is 28.2 Å². The van der Waals surface area contributed by atoms with Gasteiger partial charge in [0.15, 0.2) is 5.65 Å². The fourth-order valence-corrected chi connectivity index (χ4v) is 4.86. The molecule has 4 aromatic rings. The van der Waals surface area contributed by atoms with Gasteiger partial charge in [-0.3, -0.25) is 9.79 Å². The third-order valence-electron chi connectivity index (χ3n) is 6.99. The van der Waals surface area contributed by atoms with E-state index < -0.39 is 0 Å². The lowest BCUT2D eigenvalue weighted by Crippen LogP contribution is -2.43. The van der Waals surface area contributed by atoms with Crippen molar-refractivity contribution in [1.29, 1.82) is 0 Å². The van der Waals surface area contributed by atoms with Gasteiger partial charge in [0.05, 0.1) is 18.0 Å². The summed E-state index contributed by atoms with van der Waals surface area (Å²) in [6, 6.07) is 20.2. The van der Waals surface area contributed by atoms with Crippen molar-refractivity contribution in [2.24, 2.45) is 10.7 Å².